The zero-order valence-corrected chi connectivity index (χ0v) is 14.0. The fraction of sp³-hybridized carbons (Fsp3) is 0.706. The standard InChI is InChI=1S/C17H29NO2S/c1-17(8-3-2-4-9-17)16-18-10-13-20-12-7-15-21-14-6-5-11-19/h2-4,8,16,19H,5-7,9-15H2,1H3. The highest BCUT2D eigenvalue weighted by Gasteiger charge is 2.17. The molecule has 0 saturated heterocycles. The maximum absolute atomic E-state index is 8.66. The van der Waals surface area contributed by atoms with E-state index >= 15 is 0 Å². The summed E-state index contributed by atoms with van der Waals surface area (Å²) in [5.74, 6) is 2.29. The van der Waals surface area contributed by atoms with Crippen molar-refractivity contribution >= 4 is 18.0 Å². The largest absolute Gasteiger partial charge is 0.396 e. The van der Waals surface area contributed by atoms with Crippen LogP contribution in [-0.4, -0.2) is 49.2 Å². The van der Waals surface area contributed by atoms with Crippen molar-refractivity contribution < 1.29 is 9.84 Å². The normalized spacial score (nSPS) is 21.4. The van der Waals surface area contributed by atoms with Crippen LogP contribution >= 0.6 is 11.8 Å². The molecule has 1 aliphatic carbocycles. The second-order valence-electron chi connectivity index (χ2n) is 5.54. The number of unbranched alkanes of at least 4 members (excludes halogenated alkanes) is 1. The molecule has 0 amide bonds. The molecular weight excluding hydrogens is 282 g/mol. The topological polar surface area (TPSA) is 41.8 Å². The second kappa shape index (κ2) is 12.0. The zero-order valence-electron chi connectivity index (χ0n) is 13.2. The number of nitrogens with zero attached hydrogens (tertiary/aromatic N) is 1. The van der Waals surface area contributed by atoms with Crippen LogP contribution in [0.1, 0.15) is 32.6 Å². The third-order valence-electron chi connectivity index (χ3n) is 3.31. The van der Waals surface area contributed by atoms with E-state index in [0.717, 1.165) is 50.3 Å². The Morgan fingerprint density at radius 1 is 1.24 bits per heavy atom. The first-order chi connectivity index (χ1) is 10.3. The van der Waals surface area contributed by atoms with Crippen LogP contribution in [0.3, 0.4) is 0 Å². The summed E-state index contributed by atoms with van der Waals surface area (Å²) in [4.78, 5) is 4.47. The molecule has 1 rings (SSSR count). The minimum absolute atomic E-state index is 0.0833. The molecule has 0 aromatic carbocycles. The Hall–Kier alpha value is -0.580. The zero-order chi connectivity index (χ0) is 15.2. The summed E-state index contributed by atoms with van der Waals surface area (Å²) < 4.78 is 5.58. The maximum Gasteiger partial charge on any atom is 0.0661 e. The summed E-state index contributed by atoms with van der Waals surface area (Å²) in [5, 5.41) is 8.66. The number of hydrogen-bond donors (Lipinski definition) is 1. The van der Waals surface area contributed by atoms with Crippen LogP contribution in [0.15, 0.2) is 29.3 Å². The Bertz CT molecular complexity index is 342. The lowest BCUT2D eigenvalue weighted by molar-refractivity contribution is 0.143. The van der Waals surface area contributed by atoms with Crippen LogP contribution in [0, 0.1) is 5.41 Å². The average Bonchev–Trinajstić information content (AvgIpc) is 2.49. The van der Waals surface area contributed by atoms with E-state index in [9.17, 15) is 0 Å². The van der Waals surface area contributed by atoms with Gasteiger partial charge in [0, 0.05) is 24.8 Å². The van der Waals surface area contributed by atoms with Gasteiger partial charge in [-0.25, -0.2) is 0 Å². The number of aliphatic hydroxyl groups is 1. The monoisotopic (exact) mass is 311 g/mol. The van der Waals surface area contributed by atoms with E-state index in [-0.39, 0.29) is 5.41 Å². The third-order valence-corrected chi connectivity index (χ3v) is 4.46. The van der Waals surface area contributed by atoms with Crippen LogP contribution in [0.5, 0.6) is 0 Å². The molecular formula is C17H29NO2S. The van der Waals surface area contributed by atoms with E-state index in [4.69, 9.17) is 9.84 Å². The van der Waals surface area contributed by atoms with Crippen LogP contribution in [0.2, 0.25) is 0 Å². The van der Waals surface area contributed by atoms with Gasteiger partial charge in [0.2, 0.25) is 0 Å². The molecule has 0 aromatic heterocycles. The second-order valence-corrected chi connectivity index (χ2v) is 6.77. The van der Waals surface area contributed by atoms with Crippen LogP contribution in [0.25, 0.3) is 0 Å². The summed E-state index contributed by atoms with van der Waals surface area (Å²) in [6.07, 6.45) is 14.8. The van der Waals surface area contributed by atoms with Gasteiger partial charge in [0.1, 0.15) is 0 Å². The molecule has 120 valence electrons. The summed E-state index contributed by atoms with van der Waals surface area (Å²) in [7, 11) is 0. The molecule has 0 aliphatic heterocycles. The number of thioether (sulfide) groups is 1. The number of hydrogen-bond acceptors (Lipinski definition) is 4. The first kappa shape index (κ1) is 18.5. The number of ether oxygens (including phenoxy) is 1. The van der Waals surface area contributed by atoms with Crippen molar-refractivity contribution in [2.24, 2.45) is 10.4 Å². The van der Waals surface area contributed by atoms with Gasteiger partial charge in [-0.15, -0.1) is 0 Å². The molecule has 0 aromatic rings. The average molecular weight is 311 g/mol. The summed E-state index contributed by atoms with van der Waals surface area (Å²) >= 11 is 1.94. The van der Waals surface area contributed by atoms with Crippen LogP contribution in [-0.2, 0) is 4.74 Å². The highest BCUT2D eigenvalue weighted by Crippen LogP contribution is 2.24. The minimum atomic E-state index is 0.0833. The first-order valence-electron chi connectivity index (χ1n) is 7.88. The summed E-state index contributed by atoms with van der Waals surface area (Å²) in [6, 6.07) is 0. The van der Waals surface area contributed by atoms with Crippen molar-refractivity contribution in [1.29, 1.82) is 0 Å². The molecule has 0 bridgehead atoms. The molecule has 0 spiro atoms. The molecule has 21 heavy (non-hydrogen) atoms. The van der Waals surface area contributed by atoms with Crippen molar-refractivity contribution in [3.8, 4) is 0 Å². The van der Waals surface area contributed by atoms with Gasteiger partial charge in [-0.2, -0.15) is 11.8 Å². The van der Waals surface area contributed by atoms with E-state index in [0.29, 0.717) is 13.2 Å². The SMILES string of the molecule is CC1(C=NCCOCCCSCCCCO)C=CC=CC1. The lowest BCUT2D eigenvalue weighted by atomic mass is 9.85. The molecule has 0 fully saturated rings. The van der Waals surface area contributed by atoms with Crippen molar-refractivity contribution in [1.82, 2.24) is 0 Å². The lowest BCUT2D eigenvalue weighted by Gasteiger charge is -2.20. The van der Waals surface area contributed by atoms with E-state index in [1.54, 1.807) is 0 Å². The Kier molecular flexibility index (Phi) is 10.6. The molecule has 0 radical (unpaired) electrons. The molecule has 1 N–H and O–H groups in total. The number of aliphatic hydroxyl groups excluding tert-OH is 1. The van der Waals surface area contributed by atoms with Crippen molar-refractivity contribution in [2.75, 3.05) is 37.9 Å². The van der Waals surface area contributed by atoms with Crippen molar-refractivity contribution in [3.63, 3.8) is 0 Å². The quantitative estimate of drug-likeness (QED) is 0.443. The predicted molar refractivity (Wildman–Crippen MR) is 93.4 cm³/mol. The molecule has 1 atom stereocenters. The van der Waals surface area contributed by atoms with Crippen molar-refractivity contribution in [2.45, 2.75) is 32.6 Å². The van der Waals surface area contributed by atoms with Gasteiger partial charge in [0.05, 0.1) is 13.2 Å². The smallest absolute Gasteiger partial charge is 0.0661 e. The highest BCUT2D eigenvalue weighted by atomic mass is 32.2. The molecule has 1 aliphatic rings. The minimum Gasteiger partial charge on any atom is -0.396 e. The number of aliphatic imine (C=N–C) groups is 1. The van der Waals surface area contributed by atoms with Gasteiger partial charge in [-0.05, 0) is 37.2 Å². The molecule has 0 heterocycles. The Labute approximate surface area is 133 Å². The Balaban J connectivity index is 1.88. The fourth-order valence-corrected chi connectivity index (χ4v) is 2.95. The molecule has 3 nitrogen and oxygen atoms in total. The first-order valence-corrected chi connectivity index (χ1v) is 9.04. The van der Waals surface area contributed by atoms with Gasteiger partial charge < -0.3 is 9.84 Å². The molecule has 4 heteroatoms. The molecule has 1 unspecified atom stereocenters. The third kappa shape index (κ3) is 9.88. The van der Waals surface area contributed by atoms with Gasteiger partial charge >= 0.3 is 0 Å². The summed E-state index contributed by atoms with van der Waals surface area (Å²) in [5.41, 5.74) is 0.0833. The van der Waals surface area contributed by atoms with Crippen molar-refractivity contribution in [3.05, 3.63) is 24.3 Å². The summed E-state index contributed by atoms with van der Waals surface area (Å²) in [6.45, 7) is 4.79. The van der Waals surface area contributed by atoms with Gasteiger partial charge in [-0.3, -0.25) is 4.99 Å². The highest BCUT2D eigenvalue weighted by molar-refractivity contribution is 7.99. The number of rotatable bonds is 12. The van der Waals surface area contributed by atoms with Gasteiger partial charge in [-0.1, -0.05) is 31.2 Å². The van der Waals surface area contributed by atoms with E-state index in [2.05, 4.69) is 36.2 Å². The van der Waals surface area contributed by atoms with Gasteiger partial charge in [0.15, 0.2) is 0 Å². The maximum atomic E-state index is 8.66. The van der Waals surface area contributed by atoms with Crippen LogP contribution < -0.4 is 0 Å². The fourth-order valence-electron chi connectivity index (χ4n) is 2.01. The Morgan fingerprint density at radius 3 is 2.86 bits per heavy atom. The van der Waals surface area contributed by atoms with E-state index < -0.39 is 0 Å². The lowest BCUT2D eigenvalue weighted by Crippen LogP contribution is -2.16. The van der Waals surface area contributed by atoms with E-state index in [1.807, 2.05) is 18.0 Å². The van der Waals surface area contributed by atoms with E-state index in [1.165, 1.54) is 0 Å². The van der Waals surface area contributed by atoms with Gasteiger partial charge in [0.25, 0.3) is 0 Å². The Morgan fingerprint density at radius 2 is 2.10 bits per heavy atom. The number of allylic oxidation sites excluding steroid dienone is 4. The molecule has 0 saturated carbocycles. The van der Waals surface area contributed by atoms with Crippen LogP contribution in [0.4, 0.5) is 0 Å². The predicted octanol–water partition coefficient (Wildman–Crippen LogP) is 3.49.